The number of carbonyl (C=O) groups excluding carboxylic acids is 2. The number of amides is 2. The van der Waals surface area contributed by atoms with E-state index >= 15 is 0 Å². The summed E-state index contributed by atoms with van der Waals surface area (Å²) in [5.74, 6) is -0.00141. The normalized spacial score (nSPS) is 17.7. The molecule has 0 bridgehead atoms. The maximum absolute atomic E-state index is 13.4. The second-order valence-electron chi connectivity index (χ2n) is 8.37. The third kappa shape index (κ3) is 6.23. The molecule has 1 fully saturated rings. The highest BCUT2D eigenvalue weighted by atomic mass is 79.9. The summed E-state index contributed by atoms with van der Waals surface area (Å²) in [7, 11) is 0. The zero-order chi connectivity index (χ0) is 20.2. The van der Waals surface area contributed by atoms with Crippen molar-refractivity contribution in [1.29, 1.82) is 0 Å². The van der Waals surface area contributed by atoms with Gasteiger partial charge in [-0.05, 0) is 71.6 Å². The van der Waals surface area contributed by atoms with E-state index < -0.39 is 17.7 Å². The Kier molecular flexibility index (Phi) is 7.32. The second kappa shape index (κ2) is 9.09. The molecule has 2 rings (SSSR count). The number of halogens is 1. The van der Waals surface area contributed by atoms with Gasteiger partial charge in [-0.15, -0.1) is 0 Å². The molecule has 2 amide bonds. The van der Waals surface area contributed by atoms with Crippen LogP contribution in [0.1, 0.15) is 59.4 Å². The lowest BCUT2D eigenvalue weighted by Gasteiger charge is -2.39. The number of piperidine rings is 1. The van der Waals surface area contributed by atoms with Gasteiger partial charge in [-0.1, -0.05) is 28.1 Å². The lowest BCUT2D eigenvalue weighted by Crippen LogP contribution is -2.55. The Hall–Kier alpha value is -1.56. The summed E-state index contributed by atoms with van der Waals surface area (Å²) in [6.45, 7) is 10.7. The molecule has 0 saturated carbocycles. The van der Waals surface area contributed by atoms with Crippen LogP contribution < -0.4 is 0 Å². The number of rotatable bonds is 4. The maximum Gasteiger partial charge on any atom is 0.410 e. The maximum atomic E-state index is 13.4. The van der Waals surface area contributed by atoms with E-state index in [-0.39, 0.29) is 11.9 Å². The zero-order valence-electron chi connectivity index (χ0n) is 17.0. The van der Waals surface area contributed by atoms with E-state index in [1.54, 1.807) is 4.90 Å². The summed E-state index contributed by atoms with van der Waals surface area (Å²) in [4.78, 5) is 29.5. The van der Waals surface area contributed by atoms with E-state index in [4.69, 9.17) is 4.74 Å². The number of likely N-dealkylation sites (tertiary alicyclic amines) is 1. The number of carbonyl (C=O) groups is 2. The Morgan fingerprint density at radius 1 is 1.22 bits per heavy atom. The summed E-state index contributed by atoms with van der Waals surface area (Å²) >= 11 is 3.44. The summed E-state index contributed by atoms with van der Waals surface area (Å²) in [6, 6.07) is 7.58. The van der Waals surface area contributed by atoms with Crippen LogP contribution in [0, 0.1) is 0 Å². The first-order valence-electron chi connectivity index (χ1n) is 9.63. The van der Waals surface area contributed by atoms with E-state index in [1.165, 1.54) is 0 Å². The van der Waals surface area contributed by atoms with Crippen molar-refractivity contribution in [1.82, 2.24) is 9.80 Å². The standard InChI is InChI=1S/C21H31BrN2O3/c1-15(2)24(14-16-9-11-17(22)12-10-16)19(25)18-8-6-7-13-23(18)20(26)27-21(3,4)5/h9-12,15,18H,6-8,13-14H2,1-5H3/t18-/m0/s1. The molecule has 1 aromatic carbocycles. The molecule has 5 nitrogen and oxygen atoms in total. The Morgan fingerprint density at radius 2 is 1.85 bits per heavy atom. The van der Waals surface area contributed by atoms with Gasteiger partial charge in [0, 0.05) is 23.6 Å². The van der Waals surface area contributed by atoms with Gasteiger partial charge < -0.3 is 9.64 Å². The van der Waals surface area contributed by atoms with Gasteiger partial charge in [0.05, 0.1) is 0 Å². The molecule has 0 aliphatic carbocycles. The molecule has 1 heterocycles. The fraction of sp³-hybridized carbons (Fsp3) is 0.619. The molecule has 1 saturated heterocycles. The molecule has 1 aliphatic heterocycles. The number of benzene rings is 1. The van der Waals surface area contributed by atoms with Crippen LogP contribution in [0.25, 0.3) is 0 Å². The lowest BCUT2D eigenvalue weighted by atomic mass is 10.0. The molecule has 0 spiro atoms. The van der Waals surface area contributed by atoms with Crippen molar-refractivity contribution in [2.24, 2.45) is 0 Å². The van der Waals surface area contributed by atoms with Gasteiger partial charge >= 0.3 is 6.09 Å². The quantitative estimate of drug-likeness (QED) is 0.665. The van der Waals surface area contributed by atoms with Crippen LogP contribution >= 0.6 is 15.9 Å². The summed E-state index contributed by atoms with van der Waals surface area (Å²) in [5.41, 5.74) is 0.497. The highest BCUT2D eigenvalue weighted by molar-refractivity contribution is 9.10. The van der Waals surface area contributed by atoms with E-state index in [9.17, 15) is 9.59 Å². The number of hydrogen-bond donors (Lipinski definition) is 0. The Bertz CT molecular complexity index is 652. The lowest BCUT2D eigenvalue weighted by molar-refractivity contribution is -0.140. The van der Waals surface area contributed by atoms with Gasteiger partial charge in [-0.2, -0.15) is 0 Å². The van der Waals surface area contributed by atoms with Crippen LogP contribution in [0.3, 0.4) is 0 Å². The molecule has 1 aliphatic rings. The molecule has 0 radical (unpaired) electrons. The highest BCUT2D eigenvalue weighted by Gasteiger charge is 2.37. The van der Waals surface area contributed by atoms with Crippen LogP contribution in [-0.4, -0.2) is 46.0 Å². The van der Waals surface area contributed by atoms with E-state index in [2.05, 4.69) is 15.9 Å². The van der Waals surface area contributed by atoms with Crippen molar-refractivity contribution in [3.8, 4) is 0 Å². The average Bonchev–Trinajstić information content (AvgIpc) is 2.59. The average molecular weight is 439 g/mol. The fourth-order valence-corrected chi connectivity index (χ4v) is 3.48. The Labute approximate surface area is 171 Å². The highest BCUT2D eigenvalue weighted by Crippen LogP contribution is 2.24. The van der Waals surface area contributed by atoms with Gasteiger partial charge in [0.1, 0.15) is 11.6 Å². The first kappa shape index (κ1) is 21.7. The Balaban J connectivity index is 2.18. The largest absolute Gasteiger partial charge is 0.444 e. The first-order chi connectivity index (χ1) is 12.6. The van der Waals surface area contributed by atoms with Crippen molar-refractivity contribution in [2.45, 2.75) is 78.1 Å². The molecule has 0 unspecified atom stereocenters. The van der Waals surface area contributed by atoms with Crippen LogP contribution in [0.2, 0.25) is 0 Å². The van der Waals surface area contributed by atoms with Gasteiger partial charge in [-0.3, -0.25) is 9.69 Å². The smallest absolute Gasteiger partial charge is 0.410 e. The molecule has 0 N–H and O–H groups in total. The minimum absolute atomic E-state index is 0.00141. The van der Waals surface area contributed by atoms with Crippen molar-refractivity contribution in [3.05, 3.63) is 34.3 Å². The molecular formula is C21H31BrN2O3. The molecule has 1 atom stereocenters. The summed E-state index contributed by atoms with van der Waals surface area (Å²) < 4.78 is 6.55. The molecule has 150 valence electrons. The monoisotopic (exact) mass is 438 g/mol. The van der Waals surface area contributed by atoms with Crippen LogP contribution in [-0.2, 0) is 16.1 Å². The zero-order valence-corrected chi connectivity index (χ0v) is 18.6. The van der Waals surface area contributed by atoms with E-state index in [1.807, 2.05) is 63.8 Å². The molecule has 6 heteroatoms. The minimum atomic E-state index is -0.572. The second-order valence-corrected chi connectivity index (χ2v) is 9.29. The molecule has 27 heavy (non-hydrogen) atoms. The van der Waals surface area contributed by atoms with Gasteiger partial charge in [0.2, 0.25) is 5.91 Å². The van der Waals surface area contributed by atoms with Crippen LogP contribution in [0.5, 0.6) is 0 Å². The van der Waals surface area contributed by atoms with Crippen molar-refractivity contribution in [2.75, 3.05) is 6.54 Å². The fourth-order valence-electron chi connectivity index (χ4n) is 3.22. The van der Waals surface area contributed by atoms with E-state index in [0.717, 1.165) is 22.9 Å². The molecular weight excluding hydrogens is 408 g/mol. The van der Waals surface area contributed by atoms with Crippen molar-refractivity contribution >= 4 is 27.9 Å². The number of ether oxygens (including phenoxy) is 1. The summed E-state index contributed by atoms with van der Waals surface area (Å²) in [5, 5.41) is 0. The van der Waals surface area contributed by atoms with E-state index in [0.29, 0.717) is 19.5 Å². The minimum Gasteiger partial charge on any atom is -0.444 e. The third-order valence-corrected chi connectivity index (χ3v) is 5.12. The molecule has 1 aromatic rings. The predicted molar refractivity (Wildman–Crippen MR) is 110 cm³/mol. The number of nitrogens with zero attached hydrogens (tertiary/aromatic N) is 2. The van der Waals surface area contributed by atoms with Crippen molar-refractivity contribution in [3.63, 3.8) is 0 Å². The summed E-state index contributed by atoms with van der Waals surface area (Å²) in [6.07, 6.45) is 2.13. The van der Waals surface area contributed by atoms with Gasteiger partial charge in [0.15, 0.2) is 0 Å². The number of hydrogen-bond acceptors (Lipinski definition) is 3. The SMILES string of the molecule is CC(C)N(Cc1ccc(Br)cc1)C(=O)[C@@H]1CCCCN1C(=O)OC(C)(C)C. The van der Waals surface area contributed by atoms with Gasteiger partial charge in [-0.25, -0.2) is 4.79 Å². The van der Waals surface area contributed by atoms with Crippen LogP contribution in [0.15, 0.2) is 28.7 Å². The van der Waals surface area contributed by atoms with Crippen molar-refractivity contribution < 1.29 is 14.3 Å². The predicted octanol–water partition coefficient (Wildman–Crippen LogP) is 4.98. The van der Waals surface area contributed by atoms with Gasteiger partial charge in [0.25, 0.3) is 0 Å². The Morgan fingerprint density at radius 3 is 2.41 bits per heavy atom. The third-order valence-electron chi connectivity index (χ3n) is 4.59. The van der Waals surface area contributed by atoms with Crippen LogP contribution in [0.4, 0.5) is 4.79 Å². The first-order valence-corrected chi connectivity index (χ1v) is 10.4. The topological polar surface area (TPSA) is 49.9 Å². The molecule has 0 aromatic heterocycles.